The Kier molecular flexibility index (Phi) is 14.0. The lowest BCUT2D eigenvalue weighted by Crippen LogP contribution is -2.45. The van der Waals surface area contributed by atoms with Gasteiger partial charge in [0, 0.05) is 13.1 Å². The maximum Gasteiger partial charge on any atom is 0.491 e. The summed E-state index contributed by atoms with van der Waals surface area (Å²) in [6, 6.07) is 1.29. The molecule has 0 spiro atoms. The van der Waals surface area contributed by atoms with Crippen LogP contribution in [0.4, 0.5) is 35.9 Å². The van der Waals surface area contributed by atoms with Gasteiger partial charge in [-0.15, -0.1) is 0 Å². The number of carbonyl (C=O) groups is 5. The van der Waals surface area contributed by atoms with Crippen LogP contribution >= 0.6 is 0 Å². The summed E-state index contributed by atoms with van der Waals surface area (Å²) >= 11 is 0. The Balaban J connectivity index is 0.000000635. The van der Waals surface area contributed by atoms with Gasteiger partial charge in [-0.3, -0.25) is 14.6 Å². The highest BCUT2D eigenvalue weighted by atomic mass is 19.4. The molecule has 3 amide bonds. The molecule has 0 saturated carbocycles. The zero-order valence-electron chi connectivity index (χ0n) is 25.6. The van der Waals surface area contributed by atoms with E-state index < -0.39 is 53.5 Å². The van der Waals surface area contributed by atoms with Gasteiger partial charge in [0.25, 0.3) is 0 Å². The van der Waals surface area contributed by atoms with Gasteiger partial charge in [-0.1, -0.05) is 13.8 Å². The molecule has 44 heavy (non-hydrogen) atoms. The molecule has 0 radical (unpaired) electrons. The molecule has 252 valence electrons. The number of alkyl halides is 6. The maximum atomic E-state index is 11.8. The highest BCUT2D eigenvalue weighted by Crippen LogP contribution is 2.26. The Morgan fingerprint density at radius 1 is 0.727 bits per heavy atom. The summed E-state index contributed by atoms with van der Waals surface area (Å²) in [6.07, 6.45) is -10.7. The lowest BCUT2D eigenvalue weighted by molar-refractivity contribution is -0.221. The fraction of sp³-hybridized carbons (Fsp3) is 0.769. The van der Waals surface area contributed by atoms with E-state index >= 15 is 0 Å². The molecule has 0 aliphatic carbocycles. The molecule has 2 aliphatic heterocycles. The molecule has 0 aromatic carbocycles. The third kappa shape index (κ3) is 14.6. The minimum absolute atomic E-state index is 0.282. The van der Waals surface area contributed by atoms with Crippen molar-refractivity contribution in [3.05, 3.63) is 0 Å². The minimum Gasteiger partial charge on any atom is -0.444 e. The zero-order chi connectivity index (χ0) is 35.0. The van der Waals surface area contributed by atoms with Crippen molar-refractivity contribution in [2.75, 3.05) is 13.1 Å². The number of primary amides is 1. The van der Waals surface area contributed by atoms with E-state index in [9.17, 15) is 50.3 Å². The predicted molar refractivity (Wildman–Crippen MR) is 139 cm³/mol. The Labute approximate surface area is 250 Å². The van der Waals surface area contributed by atoms with Gasteiger partial charge in [0.2, 0.25) is 5.91 Å². The fourth-order valence-electron chi connectivity index (χ4n) is 3.73. The van der Waals surface area contributed by atoms with Crippen LogP contribution in [0, 0.1) is 23.2 Å². The Hall–Kier alpha value is -3.78. The first-order valence-electron chi connectivity index (χ1n) is 13.2. The second-order valence-electron chi connectivity index (χ2n) is 12.2. The maximum absolute atomic E-state index is 11.8. The van der Waals surface area contributed by atoms with Crippen molar-refractivity contribution < 1.29 is 64.5 Å². The van der Waals surface area contributed by atoms with Gasteiger partial charge >= 0.3 is 36.5 Å². The van der Waals surface area contributed by atoms with Gasteiger partial charge in [-0.2, -0.15) is 31.6 Å². The summed E-state index contributed by atoms with van der Waals surface area (Å²) < 4.78 is 80.1. The Morgan fingerprint density at radius 2 is 1.09 bits per heavy atom. The second-order valence-corrected chi connectivity index (χ2v) is 12.2. The Morgan fingerprint density at radius 3 is 1.43 bits per heavy atom. The summed E-state index contributed by atoms with van der Waals surface area (Å²) in [6.45, 7) is 16.0. The minimum atomic E-state index is -5.62. The normalized spacial score (nSPS) is 21.9. The van der Waals surface area contributed by atoms with Crippen molar-refractivity contribution >= 4 is 30.0 Å². The first-order chi connectivity index (χ1) is 19.6. The number of nitrogens with two attached hydrogens (primary N) is 1. The van der Waals surface area contributed by atoms with Crippen LogP contribution in [0.1, 0.15) is 68.2 Å². The van der Waals surface area contributed by atoms with E-state index in [2.05, 4.69) is 10.8 Å². The average molecular weight is 649 g/mol. The number of likely N-dealkylation sites (tertiary alicyclic amines) is 2. The van der Waals surface area contributed by atoms with Crippen molar-refractivity contribution in [1.82, 2.24) is 9.80 Å². The standard InChI is InChI=1S/C11H20N2O3.C11H18N2O2.C4F6O3/c1-7-5-8(9(12)14)13(6-7)10(15)16-11(2,3)4;1-8-5-9(6-12)13(7-8)10(14)15-11(2,3)4;5-3(6,7)1(11)13-2(12)4(8,9)10/h7-8H,5-6H2,1-4H3,(H2,12,14);8-9H,5,7H2,1-4H3;/t7-,8+;8-,9+;/m11./s1. The molecule has 4 atom stereocenters. The lowest BCUT2D eigenvalue weighted by atomic mass is 10.1. The van der Waals surface area contributed by atoms with Crippen molar-refractivity contribution in [1.29, 1.82) is 5.26 Å². The first-order valence-corrected chi connectivity index (χ1v) is 13.2. The highest BCUT2D eigenvalue weighted by Gasteiger charge is 2.49. The van der Waals surface area contributed by atoms with Crippen LogP contribution in [0.2, 0.25) is 0 Å². The van der Waals surface area contributed by atoms with Gasteiger partial charge in [0.1, 0.15) is 23.3 Å². The molecule has 2 N–H and O–H groups in total. The van der Waals surface area contributed by atoms with E-state index in [0.29, 0.717) is 25.4 Å². The second kappa shape index (κ2) is 15.3. The van der Waals surface area contributed by atoms with Gasteiger partial charge in [0.05, 0.1) is 6.07 Å². The van der Waals surface area contributed by atoms with E-state index in [-0.39, 0.29) is 18.1 Å². The van der Waals surface area contributed by atoms with Crippen LogP contribution in [0.3, 0.4) is 0 Å². The topological polar surface area (TPSA) is 169 Å². The molecule has 2 rings (SSSR count). The number of amides is 3. The molecule has 0 aromatic rings. The largest absolute Gasteiger partial charge is 0.491 e. The molecular weight excluding hydrogens is 610 g/mol. The molecule has 0 unspecified atom stereocenters. The number of hydrogen-bond acceptors (Lipinski definition) is 9. The SMILES string of the molecule is C[C@@H]1C[C@@H](C#N)N(C(=O)OC(C)(C)C)C1.C[C@@H]1C[C@@H](C(N)=O)N(C(=O)OC(C)(C)C)C1.O=C(OC(=O)C(F)(F)F)C(F)(F)F. The van der Waals surface area contributed by atoms with Crippen molar-refractivity contribution in [2.45, 2.75) is 104 Å². The number of carbonyl (C=O) groups excluding carboxylic acids is 5. The number of nitriles is 1. The molecular formula is C26H38F6N4O8. The molecule has 0 bridgehead atoms. The molecule has 12 nitrogen and oxygen atoms in total. The fourth-order valence-corrected chi connectivity index (χ4v) is 3.73. The number of nitrogens with zero attached hydrogens (tertiary/aromatic N) is 3. The van der Waals surface area contributed by atoms with Crippen LogP contribution < -0.4 is 5.73 Å². The van der Waals surface area contributed by atoms with Gasteiger partial charge in [0.15, 0.2) is 0 Å². The van der Waals surface area contributed by atoms with Crippen molar-refractivity contribution in [2.24, 2.45) is 17.6 Å². The number of rotatable bonds is 1. The first kappa shape index (κ1) is 40.2. The van der Waals surface area contributed by atoms with E-state index in [1.807, 2.05) is 34.6 Å². The third-order valence-electron chi connectivity index (χ3n) is 5.40. The van der Waals surface area contributed by atoms with Gasteiger partial charge in [-0.05, 0) is 66.2 Å². The van der Waals surface area contributed by atoms with E-state index in [0.717, 1.165) is 6.42 Å². The number of esters is 2. The molecule has 2 fully saturated rings. The lowest BCUT2D eigenvalue weighted by Gasteiger charge is -2.27. The van der Waals surface area contributed by atoms with E-state index in [4.69, 9.17) is 20.5 Å². The summed E-state index contributed by atoms with van der Waals surface area (Å²) in [4.78, 5) is 57.0. The van der Waals surface area contributed by atoms with Crippen molar-refractivity contribution in [3.63, 3.8) is 0 Å². The van der Waals surface area contributed by atoms with Crippen molar-refractivity contribution in [3.8, 4) is 6.07 Å². The average Bonchev–Trinajstić information content (AvgIpc) is 3.39. The number of halogens is 6. The zero-order valence-corrected chi connectivity index (χ0v) is 25.6. The molecule has 2 aliphatic rings. The summed E-state index contributed by atoms with van der Waals surface area (Å²) in [7, 11) is 0. The van der Waals surface area contributed by atoms with E-state index in [1.54, 1.807) is 20.8 Å². The third-order valence-corrected chi connectivity index (χ3v) is 5.40. The number of hydrogen-bond donors (Lipinski definition) is 1. The van der Waals surface area contributed by atoms with Crippen LogP contribution in [0.25, 0.3) is 0 Å². The van der Waals surface area contributed by atoms with E-state index in [1.165, 1.54) is 9.80 Å². The van der Waals surface area contributed by atoms with Gasteiger partial charge < -0.3 is 19.9 Å². The van der Waals surface area contributed by atoms with Crippen LogP contribution in [0.15, 0.2) is 0 Å². The molecule has 2 saturated heterocycles. The summed E-state index contributed by atoms with van der Waals surface area (Å²) in [5.74, 6) is -6.20. The quantitative estimate of drug-likeness (QED) is 0.187. The smallest absolute Gasteiger partial charge is 0.444 e. The number of ether oxygens (including phenoxy) is 3. The predicted octanol–water partition coefficient (Wildman–Crippen LogP) is 4.45. The molecule has 18 heteroatoms. The van der Waals surface area contributed by atoms with Crippen LogP contribution in [0.5, 0.6) is 0 Å². The summed E-state index contributed by atoms with van der Waals surface area (Å²) in [5.41, 5.74) is 4.22. The highest BCUT2D eigenvalue weighted by molar-refractivity contribution is 5.90. The monoisotopic (exact) mass is 648 g/mol. The molecule has 0 aromatic heterocycles. The Bertz CT molecular complexity index is 1070. The van der Waals surface area contributed by atoms with Crippen LogP contribution in [-0.4, -0.2) is 88.6 Å². The summed E-state index contributed by atoms with van der Waals surface area (Å²) in [5, 5.41) is 8.90. The van der Waals surface area contributed by atoms with Crippen LogP contribution in [-0.2, 0) is 28.6 Å². The molecule has 2 heterocycles. The van der Waals surface area contributed by atoms with Gasteiger partial charge in [-0.25, -0.2) is 19.2 Å².